The zero-order valence-corrected chi connectivity index (χ0v) is 15.1. The van der Waals surface area contributed by atoms with Crippen molar-refractivity contribution in [3.05, 3.63) is 0 Å². The molecule has 0 N–H and O–H groups in total. The largest absolute Gasteiger partial charge is 0.340 e. The van der Waals surface area contributed by atoms with Gasteiger partial charge in [0, 0.05) is 26.2 Å². The molecule has 5 fully saturated rings. The van der Waals surface area contributed by atoms with Gasteiger partial charge >= 0.3 is 0 Å². The van der Waals surface area contributed by atoms with Gasteiger partial charge in [0.25, 0.3) is 0 Å². The Balaban J connectivity index is 1.35. The third kappa shape index (κ3) is 3.06. The molecule has 5 aliphatic rings. The fourth-order valence-electron chi connectivity index (χ4n) is 6.32. The lowest BCUT2D eigenvalue weighted by atomic mass is 9.49. The van der Waals surface area contributed by atoms with Crippen molar-refractivity contribution in [2.45, 2.75) is 58.8 Å². The van der Waals surface area contributed by atoms with Crippen LogP contribution in [0.3, 0.4) is 0 Å². The van der Waals surface area contributed by atoms with Crippen LogP contribution in [0.15, 0.2) is 0 Å². The number of carbonyl (C=O) groups is 1. The highest BCUT2D eigenvalue weighted by atomic mass is 16.2. The first-order valence-electron chi connectivity index (χ1n) is 10.1. The molecule has 0 aromatic carbocycles. The molecule has 1 amide bonds. The third-order valence-corrected chi connectivity index (χ3v) is 7.17. The lowest BCUT2D eigenvalue weighted by Crippen LogP contribution is -2.58. The Bertz CT molecular complexity index is 415. The van der Waals surface area contributed by atoms with Crippen LogP contribution in [0.5, 0.6) is 0 Å². The Hall–Kier alpha value is -0.570. The maximum Gasteiger partial charge on any atom is 0.228 e. The summed E-state index contributed by atoms with van der Waals surface area (Å²) in [5.41, 5.74) is 0.0643. The highest BCUT2D eigenvalue weighted by molar-refractivity contribution is 5.83. The predicted octanol–water partition coefficient (Wildman–Crippen LogP) is 3.39. The van der Waals surface area contributed by atoms with Crippen LogP contribution in [-0.4, -0.2) is 48.4 Å². The summed E-state index contributed by atoms with van der Waals surface area (Å²) < 4.78 is 0. The van der Waals surface area contributed by atoms with E-state index in [1.54, 1.807) is 0 Å². The number of hydrogen-bond donors (Lipinski definition) is 0. The van der Waals surface area contributed by atoms with E-state index < -0.39 is 0 Å². The van der Waals surface area contributed by atoms with Gasteiger partial charge in [-0.05, 0) is 75.2 Å². The normalized spacial score (nSPS) is 40.1. The Morgan fingerprint density at radius 3 is 1.96 bits per heavy atom. The van der Waals surface area contributed by atoms with E-state index in [1.807, 2.05) is 0 Å². The molecule has 5 rings (SSSR count). The van der Waals surface area contributed by atoms with Crippen LogP contribution in [-0.2, 0) is 4.79 Å². The molecule has 0 atom stereocenters. The standard InChI is InChI=1S/C20H34N2O/c1-15(2)3-4-21-5-7-22(8-6-21)19(23)20-12-16-9-17(13-20)11-18(10-16)14-20/h15-18H,3-14H2,1-2H3. The van der Waals surface area contributed by atoms with E-state index in [1.165, 1.54) is 51.5 Å². The first-order chi connectivity index (χ1) is 11.0. The lowest BCUT2D eigenvalue weighted by molar-refractivity contribution is -0.159. The smallest absolute Gasteiger partial charge is 0.228 e. The molecule has 0 spiro atoms. The summed E-state index contributed by atoms with van der Waals surface area (Å²) in [5, 5.41) is 0. The van der Waals surface area contributed by atoms with Crippen molar-refractivity contribution in [3.63, 3.8) is 0 Å². The molecule has 1 aliphatic heterocycles. The van der Waals surface area contributed by atoms with Crippen molar-refractivity contribution in [1.82, 2.24) is 9.80 Å². The topological polar surface area (TPSA) is 23.6 Å². The molecule has 0 aromatic heterocycles. The maximum absolute atomic E-state index is 13.3. The number of piperazine rings is 1. The molecular formula is C20H34N2O. The monoisotopic (exact) mass is 318 g/mol. The molecule has 130 valence electrons. The average molecular weight is 319 g/mol. The Morgan fingerprint density at radius 2 is 1.48 bits per heavy atom. The highest BCUT2D eigenvalue weighted by Gasteiger charge is 2.55. The van der Waals surface area contributed by atoms with Crippen LogP contribution < -0.4 is 0 Å². The summed E-state index contributed by atoms with van der Waals surface area (Å²) >= 11 is 0. The van der Waals surface area contributed by atoms with Gasteiger partial charge in [0.1, 0.15) is 0 Å². The van der Waals surface area contributed by atoms with Crippen molar-refractivity contribution in [3.8, 4) is 0 Å². The number of hydrogen-bond acceptors (Lipinski definition) is 2. The summed E-state index contributed by atoms with van der Waals surface area (Å²) in [6.07, 6.45) is 9.20. The van der Waals surface area contributed by atoms with E-state index >= 15 is 0 Å². The van der Waals surface area contributed by atoms with Gasteiger partial charge in [0.05, 0.1) is 5.41 Å². The first kappa shape index (κ1) is 15.9. The third-order valence-electron chi connectivity index (χ3n) is 7.17. The highest BCUT2D eigenvalue weighted by Crippen LogP contribution is 2.60. The van der Waals surface area contributed by atoms with Crippen LogP contribution in [0.2, 0.25) is 0 Å². The maximum atomic E-state index is 13.3. The average Bonchev–Trinajstić information content (AvgIpc) is 2.51. The summed E-state index contributed by atoms with van der Waals surface area (Å²) in [6, 6.07) is 0. The molecule has 4 saturated carbocycles. The molecule has 23 heavy (non-hydrogen) atoms. The van der Waals surface area contributed by atoms with Crippen LogP contribution in [0, 0.1) is 29.1 Å². The minimum atomic E-state index is 0.0643. The summed E-state index contributed by atoms with van der Waals surface area (Å²) in [4.78, 5) is 18.1. The van der Waals surface area contributed by atoms with E-state index in [4.69, 9.17) is 0 Å². The summed E-state index contributed by atoms with van der Waals surface area (Å²) in [6.45, 7) is 9.92. The molecule has 0 radical (unpaired) electrons. The van der Waals surface area contributed by atoms with E-state index in [-0.39, 0.29) is 5.41 Å². The van der Waals surface area contributed by atoms with Crippen molar-refractivity contribution in [2.24, 2.45) is 29.1 Å². The van der Waals surface area contributed by atoms with Gasteiger partial charge in [-0.2, -0.15) is 0 Å². The van der Waals surface area contributed by atoms with Gasteiger partial charge in [-0.3, -0.25) is 9.69 Å². The van der Waals surface area contributed by atoms with Gasteiger partial charge < -0.3 is 4.90 Å². The van der Waals surface area contributed by atoms with Gasteiger partial charge in [0.2, 0.25) is 5.91 Å². The fraction of sp³-hybridized carbons (Fsp3) is 0.950. The van der Waals surface area contributed by atoms with Crippen LogP contribution in [0.4, 0.5) is 0 Å². The van der Waals surface area contributed by atoms with E-state index in [2.05, 4.69) is 23.6 Å². The second kappa shape index (κ2) is 6.06. The number of rotatable bonds is 4. The molecule has 0 aromatic rings. The van der Waals surface area contributed by atoms with Gasteiger partial charge in [0.15, 0.2) is 0 Å². The molecule has 1 heterocycles. The lowest BCUT2D eigenvalue weighted by Gasteiger charge is -2.57. The molecule has 4 bridgehead atoms. The second-order valence-electron chi connectivity index (χ2n) is 9.51. The fourth-order valence-corrected chi connectivity index (χ4v) is 6.32. The van der Waals surface area contributed by atoms with E-state index in [0.717, 1.165) is 49.9 Å². The Kier molecular flexibility index (Phi) is 4.19. The zero-order valence-electron chi connectivity index (χ0n) is 15.1. The SMILES string of the molecule is CC(C)CCN1CCN(C(=O)C23CC4CC(CC(C4)C2)C3)CC1. The van der Waals surface area contributed by atoms with Gasteiger partial charge in [-0.15, -0.1) is 0 Å². The number of nitrogens with zero attached hydrogens (tertiary/aromatic N) is 2. The van der Waals surface area contributed by atoms with Crippen molar-refractivity contribution in [1.29, 1.82) is 0 Å². The number of carbonyl (C=O) groups excluding carboxylic acids is 1. The molecule has 0 unspecified atom stereocenters. The van der Waals surface area contributed by atoms with Gasteiger partial charge in [-0.25, -0.2) is 0 Å². The molecule has 3 nitrogen and oxygen atoms in total. The quantitative estimate of drug-likeness (QED) is 0.793. The van der Waals surface area contributed by atoms with Crippen molar-refractivity contribution < 1.29 is 4.79 Å². The second-order valence-corrected chi connectivity index (χ2v) is 9.51. The van der Waals surface area contributed by atoms with Crippen LogP contribution in [0.1, 0.15) is 58.8 Å². The minimum Gasteiger partial charge on any atom is -0.340 e. The molecule has 1 saturated heterocycles. The Labute approximate surface area is 141 Å². The van der Waals surface area contributed by atoms with Gasteiger partial charge in [-0.1, -0.05) is 13.8 Å². The van der Waals surface area contributed by atoms with E-state index in [9.17, 15) is 4.79 Å². The van der Waals surface area contributed by atoms with Crippen LogP contribution >= 0.6 is 0 Å². The molecular weight excluding hydrogens is 284 g/mol. The summed E-state index contributed by atoms with van der Waals surface area (Å²) in [5.74, 6) is 3.94. The summed E-state index contributed by atoms with van der Waals surface area (Å²) in [7, 11) is 0. The zero-order chi connectivity index (χ0) is 16.0. The first-order valence-corrected chi connectivity index (χ1v) is 10.1. The minimum absolute atomic E-state index is 0.0643. The molecule has 3 heteroatoms. The number of amides is 1. The predicted molar refractivity (Wildman–Crippen MR) is 93.1 cm³/mol. The molecule has 4 aliphatic carbocycles. The van der Waals surface area contributed by atoms with E-state index in [0.29, 0.717) is 5.91 Å². The van der Waals surface area contributed by atoms with Crippen molar-refractivity contribution >= 4 is 5.91 Å². The van der Waals surface area contributed by atoms with Crippen molar-refractivity contribution in [2.75, 3.05) is 32.7 Å². The van der Waals surface area contributed by atoms with Crippen LogP contribution in [0.25, 0.3) is 0 Å². The Morgan fingerprint density at radius 1 is 0.957 bits per heavy atom.